The molecule has 1 fully saturated rings. The summed E-state index contributed by atoms with van der Waals surface area (Å²) in [7, 11) is 2.07. The van der Waals surface area contributed by atoms with Gasteiger partial charge in [0.25, 0.3) is 0 Å². The van der Waals surface area contributed by atoms with Crippen molar-refractivity contribution in [3.63, 3.8) is 0 Å². The van der Waals surface area contributed by atoms with Gasteiger partial charge in [-0.3, -0.25) is 0 Å². The molecule has 2 aliphatic rings. The highest BCUT2D eigenvalue weighted by Gasteiger charge is 2.52. The number of benzene rings is 1. The maximum Gasteiger partial charge on any atom is 0.0329 e. The first-order valence-corrected chi connectivity index (χ1v) is 6.02. The van der Waals surface area contributed by atoms with Gasteiger partial charge >= 0.3 is 0 Å². The van der Waals surface area contributed by atoms with Crippen molar-refractivity contribution < 1.29 is 0 Å². The second-order valence-corrected chi connectivity index (χ2v) is 5.38. The molecule has 1 nitrogen and oxygen atoms in total. The highest BCUT2D eigenvalue weighted by Crippen LogP contribution is 2.61. The number of nitrogens with one attached hydrogen (secondary N) is 1. The van der Waals surface area contributed by atoms with Crippen LogP contribution in [-0.4, -0.2) is 7.05 Å². The van der Waals surface area contributed by atoms with Crippen molar-refractivity contribution >= 4 is 15.9 Å². The van der Waals surface area contributed by atoms with Gasteiger partial charge in [0.05, 0.1) is 0 Å². The summed E-state index contributed by atoms with van der Waals surface area (Å²) in [5, 5.41) is 3.42. The summed E-state index contributed by atoms with van der Waals surface area (Å²) >= 11 is 3.69. The Balaban J connectivity index is 2.18. The van der Waals surface area contributed by atoms with E-state index in [1.807, 2.05) is 0 Å². The van der Waals surface area contributed by atoms with Gasteiger partial charge in [0.2, 0.25) is 0 Å². The molecule has 1 unspecified atom stereocenters. The molecule has 2 heteroatoms. The molecule has 1 N–H and O–H groups in total. The molecule has 0 amide bonds. The Bertz CT molecular complexity index is 382. The van der Waals surface area contributed by atoms with Crippen LogP contribution in [0.1, 0.15) is 36.4 Å². The molecule has 3 rings (SSSR count). The summed E-state index contributed by atoms with van der Waals surface area (Å²) in [4.78, 5) is 0. The van der Waals surface area contributed by atoms with Crippen molar-refractivity contribution in [3.8, 4) is 0 Å². The van der Waals surface area contributed by atoms with E-state index in [4.69, 9.17) is 0 Å². The molecule has 0 radical (unpaired) electrons. The molecule has 1 saturated carbocycles. The van der Waals surface area contributed by atoms with Crippen LogP contribution in [0.15, 0.2) is 22.7 Å². The molecule has 1 atom stereocenters. The van der Waals surface area contributed by atoms with Crippen LogP contribution < -0.4 is 5.32 Å². The van der Waals surface area contributed by atoms with E-state index in [0.717, 1.165) is 0 Å². The minimum Gasteiger partial charge on any atom is -0.313 e. The van der Waals surface area contributed by atoms with E-state index in [2.05, 4.69) is 46.5 Å². The number of fused-ring (bicyclic) bond motifs is 2. The van der Waals surface area contributed by atoms with Crippen molar-refractivity contribution in [1.29, 1.82) is 0 Å². The minimum absolute atomic E-state index is 0.531. The average Bonchev–Trinajstić information content (AvgIpc) is 2.85. The van der Waals surface area contributed by atoms with Gasteiger partial charge in [-0.15, -0.1) is 0 Å². The van der Waals surface area contributed by atoms with Gasteiger partial charge in [0, 0.05) is 10.5 Å². The largest absolute Gasteiger partial charge is 0.313 e. The highest BCUT2D eigenvalue weighted by atomic mass is 79.9. The fraction of sp³-hybridized carbons (Fsp3) is 0.500. The molecular formula is C12H14BrN. The SMILES string of the molecule is CNC1CC2(CC2)c2c(Br)cccc21. The van der Waals surface area contributed by atoms with E-state index in [1.165, 1.54) is 29.3 Å². The van der Waals surface area contributed by atoms with E-state index < -0.39 is 0 Å². The van der Waals surface area contributed by atoms with E-state index in [9.17, 15) is 0 Å². The quantitative estimate of drug-likeness (QED) is 0.809. The zero-order valence-corrected chi connectivity index (χ0v) is 9.89. The van der Waals surface area contributed by atoms with Crippen LogP contribution in [0.5, 0.6) is 0 Å². The van der Waals surface area contributed by atoms with E-state index in [1.54, 1.807) is 5.56 Å². The Morgan fingerprint density at radius 3 is 2.86 bits per heavy atom. The van der Waals surface area contributed by atoms with Gasteiger partial charge in [-0.1, -0.05) is 28.1 Å². The van der Waals surface area contributed by atoms with Crippen LogP contribution in [-0.2, 0) is 5.41 Å². The molecule has 0 bridgehead atoms. The van der Waals surface area contributed by atoms with Gasteiger partial charge < -0.3 is 5.32 Å². The third kappa shape index (κ3) is 1.04. The predicted octanol–water partition coefficient (Wildman–Crippen LogP) is 3.14. The molecule has 1 aromatic rings. The number of hydrogen-bond acceptors (Lipinski definition) is 1. The minimum atomic E-state index is 0.531. The molecule has 74 valence electrons. The maximum atomic E-state index is 3.69. The second-order valence-electron chi connectivity index (χ2n) is 4.53. The number of hydrogen-bond donors (Lipinski definition) is 1. The normalized spacial score (nSPS) is 26.6. The summed E-state index contributed by atoms with van der Waals surface area (Å²) in [6.07, 6.45) is 4.04. The van der Waals surface area contributed by atoms with Crippen LogP contribution in [0.3, 0.4) is 0 Å². The van der Waals surface area contributed by atoms with Gasteiger partial charge in [-0.2, -0.15) is 0 Å². The summed E-state index contributed by atoms with van der Waals surface area (Å²) in [6.45, 7) is 0. The lowest BCUT2D eigenvalue weighted by atomic mass is 9.99. The summed E-state index contributed by atoms with van der Waals surface area (Å²) < 4.78 is 1.31. The zero-order chi connectivity index (χ0) is 9.76. The Morgan fingerprint density at radius 2 is 2.21 bits per heavy atom. The van der Waals surface area contributed by atoms with Crippen LogP contribution in [0.4, 0.5) is 0 Å². The molecule has 0 aromatic heterocycles. The van der Waals surface area contributed by atoms with Gasteiger partial charge in [-0.25, -0.2) is 0 Å². The number of rotatable bonds is 1. The lowest BCUT2D eigenvalue weighted by Gasteiger charge is -2.09. The van der Waals surface area contributed by atoms with Crippen molar-refractivity contribution in [2.45, 2.75) is 30.7 Å². The standard InChI is InChI=1S/C12H14BrN/c1-14-10-7-12(5-6-12)11-8(10)3-2-4-9(11)13/h2-4,10,14H,5-7H2,1H3. The third-order valence-electron chi connectivity index (χ3n) is 3.75. The monoisotopic (exact) mass is 251 g/mol. The average molecular weight is 252 g/mol. The fourth-order valence-electron chi connectivity index (χ4n) is 2.86. The summed E-state index contributed by atoms with van der Waals surface area (Å²) in [6, 6.07) is 7.17. The molecule has 2 aliphatic carbocycles. The lowest BCUT2D eigenvalue weighted by molar-refractivity contribution is 0.526. The summed E-state index contributed by atoms with van der Waals surface area (Å²) in [5.74, 6) is 0. The lowest BCUT2D eigenvalue weighted by Crippen LogP contribution is -2.13. The topological polar surface area (TPSA) is 12.0 Å². The Hall–Kier alpha value is -0.340. The van der Waals surface area contributed by atoms with Crippen LogP contribution >= 0.6 is 15.9 Å². The molecule has 0 saturated heterocycles. The second kappa shape index (κ2) is 2.83. The first-order valence-electron chi connectivity index (χ1n) is 5.23. The Labute approximate surface area is 93.0 Å². The molecule has 0 aliphatic heterocycles. The fourth-order valence-corrected chi connectivity index (χ4v) is 3.66. The van der Waals surface area contributed by atoms with Crippen LogP contribution in [0, 0.1) is 0 Å². The van der Waals surface area contributed by atoms with Crippen molar-refractivity contribution in [2.24, 2.45) is 0 Å². The molecule has 14 heavy (non-hydrogen) atoms. The smallest absolute Gasteiger partial charge is 0.0329 e. The first kappa shape index (κ1) is 8.93. The maximum absolute atomic E-state index is 3.69. The van der Waals surface area contributed by atoms with Gasteiger partial charge in [0.1, 0.15) is 0 Å². The van der Waals surface area contributed by atoms with Crippen molar-refractivity contribution in [2.75, 3.05) is 7.05 Å². The number of halogens is 1. The van der Waals surface area contributed by atoms with Crippen LogP contribution in [0.2, 0.25) is 0 Å². The summed E-state index contributed by atoms with van der Waals surface area (Å²) in [5.41, 5.74) is 3.63. The Kier molecular flexibility index (Phi) is 1.80. The molecular weight excluding hydrogens is 238 g/mol. The zero-order valence-electron chi connectivity index (χ0n) is 8.31. The molecule has 0 heterocycles. The van der Waals surface area contributed by atoms with Crippen LogP contribution in [0.25, 0.3) is 0 Å². The van der Waals surface area contributed by atoms with Crippen molar-refractivity contribution in [3.05, 3.63) is 33.8 Å². The van der Waals surface area contributed by atoms with Gasteiger partial charge in [0.15, 0.2) is 0 Å². The van der Waals surface area contributed by atoms with E-state index >= 15 is 0 Å². The third-order valence-corrected chi connectivity index (χ3v) is 4.41. The van der Waals surface area contributed by atoms with Gasteiger partial charge in [-0.05, 0) is 48.9 Å². The van der Waals surface area contributed by atoms with E-state index in [0.29, 0.717) is 11.5 Å². The first-order chi connectivity index (χ1) is 6.77. The van der Waals surface area contributed by atoms with E-state index in [-0.39, 0.29) is 0 Å². The molecule has 1 spiro atoms. The van der Waals surface area contributed by atoms with Crippen molar-refractivity contribution in [1.82, 2.24) is 5.32 Å². The highest BCUT2D eigenvalue weighted by molar-refractivity contribution is 9.10. The Morgan fingerprint density at radius 1 is 1.43 bits per heavy atom. The molecule has 1 aromatic carbocycles. The predicted molar refractivity (Wildman–Crippen MR) is 61.5 cm³/mol.